The summed E-state index contributed by atoms with van der Waals surface area (Å²) in [5.41, 5.74) is 0. The molecule has 0 heterocycles. The molecule has 0 atom stereocenters. The highest BCUT2D eigenvalue weighted by Crippen LogP contribution is 2.39. The fourth-order valence-corrected chi connectivity index (χ4v) is 2.61. The lowest BCUT2D eigenvalue weighted by Crippen LogP contribution is -2.50. The van der Waals surface area contributed by atoms with Crippen molar-refractivity contribution in [2.45, 2.75) is 69.7 Å². The van der Waals surface area contributed by atoms with Crippen molar-refractivity contribution in [3.8, 4) is 0 Å². The van der Waals surface area contributed by atoms with Crippen LogP contribution in [0, 0.1) is 0 Å². The van der Waals surface area contributed by atoms with Gasteiger partial charge < -0.3 is 0 Å². The van der Waals surface area contributed by atoms with Crippen LogP contribution >= 0.6 is 0 Å². The van der Waals surface area contributed by atoms with E-state index in [1.54, 1.807) is 0 Å². The van der Waals surface area contributed by atoms with Crippen LogP contribution in [-0.2, 0) is 10.0 Å². The van der Waals surface area contributed by atoms with E-state index in [-0.39, 0.29) is 6.42 Å². The van der Waals surface area contributed by atoms with E-state index in [2.05, 4.69) is 6.92 Å². The van der Waals surface area contributed by atoms with Gasteiger partial charge in [-0.25, -0.2) is 13.1 Å². The quantitative estimate of drug-likeness (QED) is 0.453. The lowest BCUT2D eigenvalue weighted by atomic mass is 10.1. The van der Waals surface area contributed by atoms with Crippen LogP contribution in [-0.4, -0.2) is 26.4 Å². The Morgan fingerprint density at radius 1 is 0.810 bits per heavy atom. The number of rotatable bonds is 11. The fraction of sp³-hybridized carbons (Fsp3) is 1.00. The maximum absolute atomic E-state index is 12.7. The van der Waals surface area contributed by atoms with Crippen molar-refractivity contribution in [1.82, 2.24) is 4.72 Å². The molecule has 0 rings (SSSR count). The van der Waals surface area contributed by atoms with Crippen LogP contribution in [0.15, 0.2) is 0 Å². The molecule has 0 aromatic heterocycles. The number of hydrogen-bond acceptors (Lipinski definition) is 2. The maximum Gasteiger partial charge on any atom is 0.470 e. The van der Waals surface area contributed by atoms with Gasteiger partial charge in [0.15, 0.2) is 0 Å². The van der Waals surface area contributed by atoms with Crippen LogP contribution in [0.25, 0.3) is 0 Å². The summed E-state index contributed by atoms with van der Waals surface area (Å²) < 4.78 is 84.3. The Kier molecular flexibility index (Phi) is 8.69. The van der Waals surface area contributed by atoms with E-state index in [1.807, 2.05) is 0 Å². The molecule has 0 radical (unpaired) electrons. The summed E-state index contributed by atoms with van der Waals surface area (Å²) in [5.74, 6) is 0. The van der Waals surface area contributed by atoms with E-state index < -0.39 is 28.0 Å². The molecule has 21 heavy (non-hydrogen) atoms. The normalized spacial score (nSPS) is 13.6. The molecule has 0 fully saturated rings. The van der Waals surface area contributed by atoms with Gasteiger partial charge in [-0.3, -0.25) is 0 Å². The summed E-state index contributed by atoms with van der Waals surface area (Å²) in [6.07, 6.45) is 0.895. The molecule has 0 aliphatic carbocycles. The highest BCUT2D eigenvalue weighted by atomic mass is 32.2. The van der Waals surface area contributed by atoms with Crippen LogP contribution in [0.3, 0.4) is 0 Å². The molecule has 0 spiro atoms. The molecule has 0 aliphatic rings. The predicted octanol–water partition coefficient (Wildman–Crippen LogP) is 4.20. The van der Waals surface area contributed by atoms with Gasteiger partial charge in [0.2, 0.25) is 0 Å². The second kappa shape index (κ2) is 8.87. The summed E-state index contributed by atoms with van der Waals surface area (Å²) in [7, 11) is -5.73. The zero-order chi connectivity index (χ0) is 16.6. The third-order valence-corrected chi connectivity index (χ3v) is 4.48. The molecule has 0 saturated heterocycles. The number of alkyl halides is 5. The maximum atomic E-state index is 12.7. The fourth-order valence-electron chi connectivity index (χ4n) is 1.71. The number of unbranched alkanes of at least 4 members (excludes halogenated alkanes) is 7. The van der Waals surface area contributed by atoms with E-state index in [4.69, 9.17) is 0 Å². The van der Waals surface area contributed by atoms with Crippen LogP contribution in [0.5, 0.6) is 0 Å². The lowest BCUT2D eigenvalue weighted by Gasteiger charge is -2.19. The highest BCUT2D eigenvalue weighted by molar-refractivity contribution is 7.90. The first-order valence-electron chi connectivity index (χ1n) is 7.00. The largest absolute Gasteiger partial charge is 0.470 e. The molecule has 0 unspecified atom stereocenters. The Balaban J connectivity index is 3.92. The van der Waals surface area contributed by atoms with Gasteiger partial charge in [0.25, 0.3) is 10.0 Å². The summed E-state index contributed by atoms with van der Waals surface area (Å²) in [4.78, 5) is 0. The van der Waals surface area contributed by atoms with Crippen molar-refractivity contribution in [3.05, 3.63) is 0 Å². The molecule has 0 saturated carbocycles. The van der Waals surface area contributed by atoms with Gasteiger partial charge in [-0.2, -0.15) is 22.0 Å². The number of hydrogen-bond donors (Lipinski definition) is 1. The Bertz CT molecular complexity index is 382. The van der Waals surface area contributed by atoms with E-state index in [1.165, 1.54) is 4.72 Å². The average Bonchev–Trinajstić information content (AvgIpc) is 2.35. The second-order valence-electron chi connectivity index (χ2n) is 4.89. The first-order chi connectivity index (χ1) is 9.56. The van der Waals surface area contributed by atoms with Crippen LogP contribution in [0.4, 0.5) is 22.0 Å². The monoisotopic (exact) mass is 339 g/mol. The van der Waals surface area contributed by atoms with E-state index in [0.29, 0.717) is 6.42 Å². The van der Waals surface area contributed by atoms with Crippen LogP contribution < -0.4 is 4.72 Å². The van der Waals surface area contributed by atoms with E-state index in [0.717, 1.165) is 38.5 Å². The lowest BCUT2D eigenvalue weighted by molar-refractivity contribution is -0.241. The summed E-state index contributed by atoms with van der Waals surface area (Å²) in [5, 5.41) is -5.76. The number of halogens is 5. The zero-order valence-electron chi connectivity index (χ0n) is 12.0. The van der Waals surface area contributed by atoms with Gasteiger partial charge >= 0.3 is 11.4 Å². The Morgan fingerprint density at radius 2 is 1.24 bits per heavy atom. The minimum Gasteiger partial charge on any atom is -0.210 e. The van der Waals surface area contributed by atoms with Crippen molar-refractivity contribution in [3.63, 3.8) is 0 Å². The van der Waals surface area contributed by atoms with Gasteiger partial charge in [0.05, 0.1) is 0 Å². The zero-order valence-corrected chi connectivity index (χ0v) is 12.8. The molecule has 9 heteroatoms. The third kappa shape index (κ3) is 6.90. The van der Waals surface area contributed by atoms with Crippen molar-refractivity contribution in [2.24, 2.45) is 0 Å². The van der Waals surface area contributed by atoms with Crippen molar-refractivity contribution in [1.29, 1.82) is 0 Å². The predicted molar refractivity (Wildman–Crippen MR) is 70.5 cm³/mol. The van der Waals surface area contributed by atoms with E-state index >= 15 is 0 Å². The smallest absolute Gasteiger partial charge is 0.210 e. The molecule has 0 aromatic rings. The van der Waals surface area contributed by atoms with Gasteiger partial charge in [0, 0.05) is 6.54 Å². The van der Waals surface area contributed by atoms with Crippen molar-refractivity contribution in [2.75, 3.05) is 6.54 Å². The second-order valence-corrected chi connectivity index (χ2v) is 6.70. The Morgan fingerprint density at radius 3 is 1.67 bits per heavy atom. The first-order valence-corrected chi connectivity index (χ1v) is 8.48. The average molecular weight is 339 g/mol. The first kappa shape index (κ1) is 20.6. The minimum atomic E-state index is -6.11. The molecule has 0 amide bonds. The van der Waals surface area contributed by atoms with Gasteiger partial charge in [0.1, 0.15) is 0 Å². The molecule has 3 nitrogen and oxygen atoms in total. The Labute approximate surface area is 122 Å². The standard InChI is InChI=1S/C12H22F5NO2S/c1-2-3-4-5-6-7-8-9-10-18-21(19,20)12(16,17)11(13,14)15/h18H,2-10H2,1H3. The van der Waals surface area contributed by atoms with Gasteiger partial charge in [-0.15, -0.1) is 0 Å². The molecule has 0 aromatic carbocycles. The number of sulfonamides is 1. The SMILES string of the molecule is CCCCCCCCCCNS(=O)(=O)C(F)(F)C(F)(F)F. The topological polar surface area (TPSA) is 46.2 Å². The highest BCUT2D eigenvalue weighted by Gasteiger charge is 2.67. The van der Waals surface area contributed by atoms with Crippen LogP contribution in [0.1, 0.15) is 58.3 Å². The Hall–Kier alpha value is -0.440. The van der Waals surface area contributed by atoms with Crippen molar-refractivity contribution < 1.29 is 30.4 Å². The molecule has 128 valence electrons. The summed E-state index contributed by atoms with van der Waals surface area (Å²) in [6.45, 7) is 1.67. The summed E-state index contributed by atoms with van der Waals surface area (Å²) >= 11 is 0. The van der Waals surface area contributed by atoms with Gasteiger partial charge in [-0.1, -0.05) is 51.9 Å². The number of nitrogens with one attached hydrogen (secondary N) is 1. The molecular weight excluding hydrogens is 317 g/mol. The molecule has 0 bridgehead atoms. The molecule has 0 aliphatic heterocycles. The minimum absolute atomic E-state index is 0.237. The van der Waals surface area contributed by atoms with Crippen molar-refractivity contribution >= 4 is 10.0 Å². The summed E-state index contributed by atoms with van der Waals surface area (Å²) in [6, 6.07) is 0. The molecule has 1 N–H and O–H groups in total. The van der Waals surface area contributed by atoms with Gasteiger partial charge in [-0.05, 0) is 6.42 Å². The van der Waals surface area contributed by atoms with E-state index in [9.17, 15) is 30.4 Å². The van der Waals surface area contributed by atoms with Crippen LogP contribution in [0.2, 0.25) is 0 Å². The third-order valence-electron chi connectivity index (χ3n) is 2.99. The molecular formula is C12H22F5NO2S.